The molecule has 0 amide bonds. The van der Waals surface area contributed by atoms with Crippen LogP contribution in [0.2, 0.25) is 0 Å². The number of carboxylic acid groups (broad SMARTS) is 1. The number of rotatable bonds is 62. The van der Waals surface area contributed by atoms with Gasteiger partial charge in [0, 0.05) is 12.8 Å². The molecule has 0 heterocycles. The molecule has 0 aromatic heterocycles. The number of hydrogen-bond acceptors (Lipinski definition) is 7. The standard InChI is InChI=1S/C70H127NO8/c1-6-8-10-12-14-16-18-20-22-23-24-25-26-27-28-29-30-31-32-33-34-35-36-37-38-39-40-41-42-43-44-45-47-48-50-52-54-56-58-60-67(72)77-64-66(65-78-70(69(74)75)76-63-62-71(3,4)5)79-68(73)61-59-57-55-53-51-49-46-21-19-17-15-13-11-9-7-2/h9,11,15,17-18,20-21,23-24,46,66,70H,6-8,10,12-14,16,19,22,25-45,47-65H2,1-5H3/p+1/b11-9-,17-15-,20-18-,24-23-,46-21-. The Kier molecular flexibility index (Phi) is 58.7. The van der Waals surface area contributed by atoms with Crippen molar-refractivity contribution in [2.75, 3.05) is 47.5 Å². The Morgan fingerprint density at radius 2 is 0.722 bits per heavy atom. The molecule has 79 heavy (non-hydrogen) atoms. The van der Waals surface area contributed by atoms with Crippen molar-refractivity contribution < 1.29 is 42.9 Å². The molecule has 1 N–H and O–H groups in total. The van der Waals surface area contributed by atoms with Gasteiger partial charge in [-0.05, 0) is 77.0 Å². The summed E-state index contributed by atoms with van der Waals surface area (Å²) in [5.41, 5.74) is 0. The summed E-state index contributed by atoms with van der Waals surface area (Å²) >= 11 is 0. The van der Waals surface area contributed by atoms with Crippen LogP contribution in [-0.2, 0) is 33.3 Å². The number of esters is 2. The highest BCUT2D eigenvalue weighted by Crippen LogP contribution is 2.18. The van der Waals surface area contributed by atoms with Gasteiger partial charge < -0.3 is 28.5 Å². The first-order valence-electron chi connectivity index (χ1n) is 33.5. The number of carbonyl (C=O) groups is 3. The van der Waals surface area contributed by atoms with Crippen LogP contribution in [0.15, 0.2) is 60.8 Å². The smallest absolute Gasteiger partial charge is 0.361 e. The minimum Gasteiger partial charge on any atom is -0.477 e. The van der Waals surface area contributed by atoms with Crippen molar-refractivity contribution in [3.05, 3.63) is 60.8 Å². The fourth-order valence-electron chi connectivity index (χ4n) is 9.65. The summed E-state index contributed by atoms with van der Waals surface area (Å²) in [6.45, 7) is 4.76. The van der Waals surface area contributed by atoms with E-state index in [0.29, 0.717) is 23.9 Å². The molecule has 2 unspecified atom stereocenters. The number of ether oxygens (including phenoxy) is 4. The van der Waals surface area contributed by atoms with Gasteiger partial charge >= 0.3 is 17.9 Å². The summed E-state index contributed by atoms with van der Waals surface area (Å²) in [5, 5.41) is 9.70. The number of carbonyl (C=O) groups excluding carboxylic acids is 2. The first-order valence-corrected chi connectivity index (χ1v) is 33.5. The zero-order chi connectivity index (χ0) is 57.6. The van der Waals surface area contributed by atoms with Crippen molar-refractivity contribution in [2.24, 2.45) is 0 Å². The second-order valence-corrected chi connectivity index (χ2v) is 23.7. The zero-order valence-corrected chi connectivity index (χ0v) is 52.5. The topological polar surface area (TPSA) is 108 Å². The lowest BCUT2D eigenvalue weighted by Gasteiger charge is -2.25. The van der Waals surface area contributed by atoms with Gasteiger partial charge in [-0.2, -0.15) is 0 Å². The molecule has 0 saturated carbocycles. The molecular weight excluding hydrogens is 983 g/mol. The van der Waals surface area contributed by atoms with Crippen LogP contribution < -0.4 is 0 Å². The predicted octanol–water partition coefficient (Wildman–Crippen LogP) is 20.4. The van der Waals surface area contributed by atoms with Crippen LogP contribution in [0.4, 0.5) is 0 Å². The van der Waals surface area contributed by atoms with E-state index < -0.39 is 24.3 Å². The molecule has 460 valence electrons. The van der Waals surface area contributed by atoms with Crippen LogP contribution in [-0.4, -0.2) is 87.4 Å². The van der Waals surface area contributed by atoms with Crippen molar-refractivity contribution in [3.63, 3.8) is 0 Å². The van der Waals surface area contributed by atoms with Gasteiger partial charge in [0.2, 0.25) is 0 Å². The highest BCUT2D eigenvalue weighted by molar-refractivity contribution is 5.71. The Morgan fingerprint density at radius 3 is 1.08 bits per heavy atom. The van der Waals surface area contributed by atoms with Crippen LogP contribution in [0.5, 0.6) is 0 Å². The minimum atomic E-state index is -1.52. The molecule has 0 radical (unpaired) electrons. The lowest BCUT2D eigenvalue weighted by Crippen LogP contribution is -2.40. The van der Waals surface area contributed by atoms with E-state index in [-0.39, 0.29) is 32.2 Å². The van der Waals surface area contributed by atoms with Gasteiger partial charge in [-0.1, -0.05) is 280 Å². The lowest BCUT2D eigenvalue weighted by atomic mass is 10.0. The fraction of sp³-hybridized carbons (Fsp3) is 0.814. The summed E-state index contributed by atoms with van der Waals surface area (Å²) in [7, 11) is 5.97. The van der Waals surface area contributed by atoms with E-state index in [1.807, 2.05) is 21.1 Å². The molecule has 0 aromatic rings. The van der Waals surface area contributed by atoms with Gasteiger partial charge in [0.05, 0.1) is 34.4 Å². The summed E-state index contributed by atoms with van der Waals surface area (Å²) in [4.78, 5) is 37.4. The monoisotopic (exact) mass is 1110 g/mol. The third-order valence-corrected chi connectivity index (χ3v) is 14.8. The Balaban J connectivity index is 3.93. The average molecular weight is 1110 g/mol. The molecule has 2 atom stereocenters. The molecular formula is C70H128NO8+. The van der Waals surface area contributed by atoms with Crippen molar-refractivity contribution >= 4 is 17.9 Å². The fourth-order valence-corrected chi connectivity index (χ4v) is 9.65. The SMILES string of the molecule is CC/C=C\C/C=C\C/C=C\CCCCCCCC(=O)OC(COC(=O)CCCCCCCCCCCCCCCCCCCCCCCCCCCCC/C=C\C/C=C\CCCCCCC)COC(OCC[N+](C)(C)C)C(=O)O. The summed E-state index contributed by atoms with van der Waals surface area (Å²) < 4.78 is 22.9. The van der Waals surface area contributed by atoms with Crippen molar-refractivity contribution in [1.82, 2.24) is 0 Å². The first kappa shape index (κ1) is 76.0. The highest BCUT2D eigenvalue weighted by Gasteiger charge is 2.25. The molecule has 0 aliphatic rings. The van der Waals surface area contributed by atoms with E-state index in [4.69, 9.17) is 18.9 Å². The summed E-state index contributed by atoms with van der Waals surface area (Å²) in [6, 6.07) is 0. The lowest BCUT2D eigenvalue weighted by molar-refractivity contribution is -0.870. The van der Waals surface area contributed by atoms with Gasteiger partial charge in [0.25, 0.3) is 6.29 Å². The van der Waals surface area contributed by atoms with Crippen molar-refractivity contribution in [2.45, 2.75) is 322 Å². The second-order valence-electron chi connectivity index (χ2n) is 23.7. The van der Waals surface area contributed by atoms with E-state index in [1.165, 1.54) is 199 Å². The first-order chi connectivity index (χ1) is 38.6. The van der Waals surface area contributed by atoms with E-state index in [9.17, 15) is 19.5 Å². The maximum atomic E-state index is 12.8. The molecule has 0 aromatic carbocycles. The minimum absolute atomic E-state index is 0.184. The zero-order valence-electron chi connectivity index (χ0n) is 52.5. The number of hydrogen-bond donors (Lipinski definition) is 1. The van der Waals surface area contributed by atoms with Gasteiger partial charge in [-0.3, -0.25) is 9.59 Å². The molecule has 9 heteroatoms. The van der Waals surface area contributed by atoms with Gasteiger partial charge in [0.15, 0.2) is 6.10 Å². The summed E-state index contributed by atoms with van der Waals surface area (Å²) in [6.07, 6.45) is 76.4. The van der Waals surface area contributed by atoms with Crippen LogP contribution in [0.1, 0.15) is 309 Å². The Bertz CT molecular complexity index is 1480. The quantitative estimate of drug-likeness (QED) is 0.0211. The normalized spacial score (nSPS) is 13.1. The Labute approximate surface area is 488 Å². The number of aliphatic carboxylic acids is 1. The third kappa shape index (κ3) is 62.4. The largest absolute Gasteiger partial charge is 0.477 e. The van der Waals surface area contributed by atoms with Crippen LogP contribution >= 0.6 is 0 Å². The Morgan fingerprint density at radius 1 is 0.392 bits per heavy atom. The number of quaternary nitrogens is 1. The van der Waals surface area contributed by atoms with Gasteiger partial charge in [0.1, 0.15) is 13.2 Å². The molecule has 0 bridgehead atoms. The number of carboxylic acids is 1. The average Bonchev–Trinajstić information content (AvgIpc) is 3.42. The molecule has 0 aliphatic carbocycles. The van der Waals surface area contributed by atoms with E-state index in [1.54, 1.807) is 0 Å². The van der Waals surface area contributed by atoms with Crippen LogP contribution in [0.25, 0.3) is 0 Å². The van der Waals surface area contributed by atoms with Crippen LogP contribution in [0.3, 0.4) is 0 Å². The van der Waals surface area contributed by atoms with E-state index in [2.05, 4.69) is 74.6 Å². The summed E-state index contributed by atoms with van der Waals surface area (Å²) in [5.74, 6) is -2.02. The molecule has 0 fully saturated rings. The molecule has 9 nitrogen and oxygen atoms in total. The van der Waals surface area contributed by atoms with E-state index >= 15 is 0 Å². The number of likely N-dealkylation sites (N-methyl/N-ethyl adjacent to an activating group) is 1. The second kappa shape index (κ2) is 61.1. The van der Waals surface area contributed by atoms with Crippen LogP contribution in [0, 0.1) is 0 Å². The van der Waals surface area contributed by atoms with Gasteiger partial charge in [-0.15, -0.1) is 0 Å². The molecule has 0 saturated heterocycles. The predicted molar refractivity (Wildman–Crippen MR) is 336 cm³/mol. The van der Waals surface area contributed by atoms with E-state index in [0.717, 1.165) is 77.0 Å². The van der Waals surface area contributed by atoms with Gasteiger partial charge in [-0.25, -0.2) is 4.79 Å². The maximum Gasteiger partial charge on any atom is 0.361 e. The maximum absolute atomic E-state index is 12.8. The highest BCUT2D eigenvalue weighted by atomic mass is 16.7. The Hall–Kier alpha value is -3.01. The molecule has 0 spiro atoms. The molecule has 0 aliphatic heterocycles. The number of allylic oxidation sites excluding steroid dienone is 10. The molecule has 0 rings (SSSR count). The van der Waals surface area contributed by atoms with Crippen molar-refractivity contribution in [1.29, 1.82) is 0 Å². The third-order valence-electron chi connectivity index (χ3n) is 14.8. The number of nitrogens with zero attached hydrogens (tertiary/aromatic N) is 1. The number of unbranched alkanes of at least 4 members (excludes halogenated alkanes) is 37. The van der Waals surface area contributed by atoms with Crippen molar-refractivity contribution in [3.8, 4) is 0 Å².